The molecule has 22 aromatic carbocycles. The van der Waals surface area contributed by atoms with Crippen molar-refractivity contribution in [3.05, 3.63) is 532 Å². The van der Waals surface area contributed by atoms with E-state index in [9.17, 15) is 0 Å². The second kappa shape index (κ2) is 33.6. The third-order valence-electron chi connectivity index (χ3n) is 27.6. The van der Waals surface area contributed by atoms with Gasteiger partial charge in [-0.3, -0.25) is 0 Å². The number of aromatic nitrogens is 2. The zero-order chi connectivity index (χ0) is 88.5. The maximum absolute atomic E-state index is 2.46. The molecule has 4 nitrogen and oxygen atoms in total. The highest BCUT2D eigenvalue weighted by Gasteiger charge is 2.29. The summed E-state index contributed by atoms with van der Waals surface area (Å²) in [6, 6.07) is 187. The van der Waals surface area contributed by atoms with Crippen molar-refractivity contribution in [1.82, 2.24) is 9.13 Å². The molecule has 24 aromatic rings. The third kappa shape index (κ3) is 14.5. The minimum absolute atomic E-state index is 0.838. The van der Waals surface area contributed by atoms with Crippen LogP contribution in [0.3, 0.4) is 0 Å². The molecule has 2 aromatic heterocycles. The Balaban J connectivity index is 0.000000143. The zero-order valence-corrected chi connectivity index (χ0v) is 73.7. The largest absolute Gasteiger partial charge is 0.310 e. The summed E-state index contributed by atoms with van der Waals surface area (Å²) in [5, 5.41) is 10.0. The van der Waals surface area contributed by atoms with Gasteiger partial charge in [0.05, 0.1) is 22.1 Å². The second-order valence-electron chi connectivity index (χ2n) is 35.5. The molecule has 4 heteroatoms. The molecule has 628 valence electrons. The molecule has 0 fully saturated rings. The number of anilines is 6. The van der Waals surface area contributed by atoms with Crippen LogP contribution < -0.4 is 9.80 Å². The fourth-order valence-electron chi connectivity index (χ4n) is 20.9. The average Bonchev–Trinajstić information content (AvgIpc) is 1.35. The summed E-state index contributed by atoms with van der Waals surface area (Å²) in [6.07, 6.45) is 1.68. The maximum atomic E-state index is 2.46. The summed E-state index contributed by atoms with van der Waals surface area (Å²) in [5.74, 6) is 0. The predicted molar refractivity (Wildman–Crippen MR) is 566 cm³/mol. The smallest absolute Gasteiger partial charge is 0.0541 e. The first kappa shape index (κ1) is 78.8. The number of hydrogen-bond acceptors (Lipinski definition) is 2. The standard InChI is InChI=1S/2C65H44N2/c1-4-13-44(14-5-1)47-23-31-56(32-24-47)66-62-35-27-50(39-54(62)41-55-40-53(30-36-63(55)66)59-22-12-20-49-19-10-11-21-58(49)59)48-25-33-57(34-26-48)67-64-37-28-51(45-15-6-2-7-16-45)42-60(64)61-43-52(29-38-65(61)67)46-17-8-3-9-18-46;1-4-12-44(13-5-1)48-22-30-58(31-23-48)66-62-34-26-51(39-56(62)41-57-40-53(27-35-63(57)66)52-21-20-47-18-10-11-19-50(47)38-52)49-24-32-59(33-25-49)67-64-36-28-54(45-14-6-2-7-15-45)42-60(64)61-43-55(29-37-65(61)67)46-16-8-3-9-17-46/h2*1-40,42-43H,41H2. The van der Waals surface area contributed by atoms with Crippen LogP contribution in [0.2, 0.25) is 0 Å². The van der Waals surface area contributed by atoms with Gasteiger partial charge in [0.2, 0.25) is 0 Å². The van der Waals surface area contributed by atoms with Gasteiger partial charge in [0.15, 0.2) is 0 Å². The summed E-state index contributed by atoms with van der Waals surface area (Å²) in [6.45, 7) is 0. The van der Waals surface area contributed by atoms with Crippen LogP contribution in [0.5, 0.6) is 0 Å². The Bertz CT molecular complexity index is 8400. The Morgan fingerprint density at radius 3 is 0.739 bits per heavy atom. The molecule has 0 amide bonds. The van der Waals surface area contributed by atoms with Gasteiger partial charge in [-0.25, -0.2) is 0 Å². The van der Waals surface area contributed by atoms with Gasteiger partial charge in [-0.15, -0.1) is 0 Å². The van der Waals surface area contributed by atoms with Gasteiger partial charge in [0.1, 0.15) is 0 Å². The molecular formula is C130H88N4. The first-order chi connectivity index (χ1) is 66.4. The molecule has 134 heavy (non-hydrogen) atoms. The Labute approximate surface area is 780 Å². The first-order valence-corrected chi connectivity index (χ1v) is 46.4. The topological polar surface area (TPSA) is 16.3 Å². The molecule has 0 atom stereocenters. The van der Waals surface area contributed by atoms with Gasteiger partial charge < -0.3 is 18.9 Å². The lowest BCUT2D eigenvalue weighted by Crippen LogP contribution is -2.18. The Morgan fingerprint density at radius 2 is 0.373 bits per heavy atom. The van der Waals surface area contributed by atoms with Crippen molar-refractivity contribution in [2.24, 2.45) is 0 Å². The molecule has 0 spiro atoms. The van der Waals surface area contributed by atoms with E-state index in [1.807, 2.05) is 0 Å². The summed E-state index contributed by atoms with van der Waals surface area (Å²) >= 11 is 0. The van der Waals surface area contributed by atoms with Gasteiger partial charge in [-0.05, 0) is 307 Å². The van der Waals surface area contributed by atoms with Gasteiger partial charge in [0.25, 0.3) is 0 Å². The van der Waals surface area contributed by atoms with E-state index >= 15 is 0 Å². The van der Waals surface area contributed by atoms with Crippen LogP contribution >= 0.6 is 0 Å². The molecule has 0 saturated heterocycles. The lowest BCUT2D eigenvalue weighted by atomic mass is 9.89. The van der Waals surface area contributed by atoms with Crippen molar-refractivity contribution < 1.29 is 0 Å². The summed E-state index contributed by atoms with van der Waals surface area (Å²) in [7, 11) is 0. The Kier molecular flexibility index (Phi) is 19.7. The van der Waals surface area contributed by atoms with Crippen LogP contribution in [0, 0.1) is 0 Å². The van der Waals surface area contributed by atoms with Crippen molar-refractivity contribution in [3.8, 4) is 123 Å². The zero-order valence-electron chi connectivity index (χ0n) is 73.7. The first-order valence-electron chi connectivity index (χ1n) is 46.4. The fourth-order valence-corrected chi connectivity index (χ4v) is 20.9. The van der Waals surface area contributed by atoms with Gasteiger partial charge in [-0.1, -0.05) is 358 Å². The van der Waals surface area contributed by atoms with Crippen LogP contribution in [0.15, 0.2) is 510 Å². The van der Waals surface area contributed by atoms with E-state index in [1.165, 1.54) is 221 Å². The molecule has 0 radical (unpaired) electrons. The molecule has 0 unspecified atom stereocenters. The number of rotatable bonds is 14. The predicted octanol–water partition coefficient (Wildman–Crippen LogP) is 35.3. The minimum atomic E-state index is 0.838. The maximum Gasteiger partial charge on any atom is 0.0541 e. The van der Waals surface area contributed by atoms with Gasteiger partial charge >= 0.3 is 0 Å². The summed E-state index contributed by atoms with van der Waals surface area (Å²) in [5.41, 5.74) is 43.9. The van der Waals surface area contributed by atoms with E-state index in [1.54, 1.807) is 0 Å². The van der Waals surface area contributed by atoms with Gasteiger partial charge in [0, 0.05) is 79.9 Å². The van der Waals surface area contributed by atoms with E-state index < -0.39 is 0 Å². The van der Waals surface area contributed by atoms with Crippen molar-refractivity contribution in [1.29, 1.82) is 0 Å². The monoisotopic (exact) mass is 1700 g/mol. The van der Waals surface area contributed by atoms with Crippen molar-refractivity contribution in [3.63, 3.8) is 0 Å². The molecule has 26 rings (SSSR count). The Hall–Kier alpha value is -17.4. The SMILES string of the molecule is c1ccc(-c2ccc(N3c4ccc(-c5ccc(-n6c7ccc(-c8ccccc8)cc7c7cc(-c8ccccc8)ccc76)cc5)cc4Cc4cc(-c5ccc6ccccc6c5)ccc43)cc2)cc1.c1ccc(-c2ccc(N3c4ccc(-c5ccc(-n6c7ccc(-c8ccccc8)cc7c7cc(-c8ccccc8)ccc76)cc5)cc4Cc4cc(-c5cccc6ccccc56)ccc43)cc2)cc1. The van der Waals surface area contributed by atoms with Crippen LogP contribution in [0.4, 0.5) is 34.1 Å². The molecule has 0 N–H and O–H groups in total. The number of hydrogen-bond donors (Lipinski definition) is 0. The molecule has 2 aliphatic heterocycles. The normalized spacial score (nSPS) is 12.1. The van der Waals surface area contributed by atoms with Crippen molar-refractivity contribution in [2.45, 2.75) is 12.8 Å². The molecule has 0 aliphatic carbocycles. The molecule has 0 saturated carbocycles. The van der Waals surface area contributed by atoms with E-state index in [-0.39, 0.29) is 0 Å². The summed E-state index contributed by atoms with van der Waals surface area (Å²) in [4.78, 5) is 4.91. The molecule has 0 bridgehead atoms. The fraction of sp³-hybridized carbons (Fsp3) is 0.0154. The highest BCUT2D eigenvalue weighted by atomic mass is 15.2. The van der Waals surface area contributed by atoms with Gasteiger partial charge in [-0.2, -0.15) is 0 Å². The van der Waals surface area contributed by atoms with Crippen LogP contribution in [0.1, 0.15) is 22.3 Å². The average molecular weight is 1710 g/mol. The van der Waals surface area contributed by atoms with Crippen LogP contribution in [0.25, 0.3) is 188 Å². The van der Waals surface area contributed by atoms with Crippen molar-refractivity contribution >= 4 is 99.3 Å². The lowest BCUT2D eigenvalue weighted by molar-refractivity contribution is 1.09. The van der Waals surface area contributed by atoms with E-state index in [0.29, 0.717) is 0 Å². The quantitative estimate of drug-likeness (QED) is 0.108. The molecular weight excluding hydrogens is 1620 g/mol. The lowest BCUT2D eigenvalue weighted by Gasteiger charge is -2.34. The van der Waals surface area contributed by atoms with E-state index in [2.05, 4.69) is 529 Å². The molecule has 2 aliphatic rings. The van der Waals surface area contributed by atoms with E-state index in [0.717, 1.165) is 35.6 Å². The molecule has 4 heterocycles. The highest BCUT2D eigenvalue weighted by molar-refractivity contribution is 6.14. The van der Waals surface area contributed by atoms with Crippen LogP contribution in [-0.4, -0.2) is 9.13 Å². The van der Waals surface area contributed by atoms with Crippen molar-refractivity contribution in [2.75, 3.05) is 9.80 Å². The Morgan fingerprint density at radius 1 is 0.134 bits per heavy atom. The van der Waals surface area contributed by atoms with E-state index in [4.69, 9.17) is 0 Å². The number of fused-ring (bicyclic) bond motifs is 12. The highest BCUT2D eigenvalue weighted by Crippen LogP contribution is 2.51. The van der Waals surface area contributed by atoms with Crippen LogP contribution in [-0.2, 0) is 12.8 Å². The summed E-state index contributed by atoms with van der Waals surface area (Å²) < 4.78 is 4.85. The number of benzene rings is 22. The minimum Gasteiger partial charge on any atom is -0.310 e. The number of nitrogens with zero attached hydrogens (tertiary/aromatic N) is 4. The second-order valence-corrected chi connectivity index (χ2v) is 35.5. The third-order valence-corrected chi connectivity index (χ3v) is 27.6.